The van der Waals surface area contributed by atoms with Gasteiger partial charge in [-0.05, 0) is 31.2 Å². The highest BCUT2D eigenvalue weighted by molar-refractivity contribution is 6.11. The van der Waals surface area contributed by atoms with Gasteiger partial charge >= 0.3 is 17.9 Å². The number of methoxy groups -OCH3 is 2. The molecule has 1 N–H and O–H groups in total. The van der Waals surface area contributed by atoms with E-state index in [4.69, 9.17) is 14.2 Å². The van der Waals surface area contributed by atoms with E-state index in [1.165, 1.54) is 20.4 Å². The van der Waals surface area contributed by atoms with Crippen molar-refractivity contribution >= 4 is 40.2 Å². The van der Waals surface area contributed by atoms with Gasteiger partial charge in [-0.1, -0.05) is 18.2 Å². The smallest absolute Gasteiger partial charge is 0.341 e. The second-order valence-corrected chi connectivity index (χ2v) is 6.16. The number of esters is 3. The van der Waals surface area contributed by atoms with Gasteiger partial charge in [0.25, 0.3) is 0 Å². The van der Waals surface area contributed by atoms with E-state index in [0.29, 0.717) is 27.8 Å². The number of carbonyl (C=O) groups is 3. The topological polar surface area (TPSA) is 104 Å². The number of benzene rings is 2. The molecule has 2 aromatic carbocycles. The first-order valence-corrected chi connectivity index (χ1v) is 9.12. The number of nitrogens with zero attached hydrogens (tertiary/aromatic N) is 1. The molecule has 0 saturated carbocycles. The van der Waals surface area contributed by atoms with Crippen LogP contribution in [0.15, 0.2) is 48.7 Å². The number of carbonyl (C=O) groups excluding carboxylic acids is 3. The number of fused-ring (bicyclic) bond motifs is 1. The van der Waals surface area contributed by atoms with Crippen molar-refractivity contribution in [3.8, 4) is 0 Å². The molecule has 0 spiro atoms. The minimum atomic E-state index is -0.568. The van der Waals surface area contributed by atoms with E-state index in [2.05, 4.69) is 10.3 Å². The number of ether oxygens (including phenoxy) is 3. The first-order chi connectivity index (χ1) is 14.5. The third kappa shape index (κ3) is 4.07. The molecule has 0 aliphatic rings. The highest BCUT2D eigenvalue weighted by Crippen LogP contribution is 2.32. The molecule has 0 saturated heterocycles. The van der Waals surface area contributed by atoms with Crippen LogP contribution in [-0.4, -0.2) is 43.7 Å². The molecule has 0 aliphatic carbocycles. The van der Waals surface area contributed by atoms with Gasteiger partial charge in [-0.2, -0.15) is 0 Å². The van der Waals surface area contributed by atoms with Crippen molar-refractivity contribution in [1.82, 2.24) is 4.98 Å². The molecule has 0 bridgehead atoms. The lowest BCUT2D eigenvalue weighted by molar-refractivity contribution is 0.0525. The Morgan fingerprint density at radius 1 is 0.933 bits per heavy atom. The summed E-state index contributed by atoms with van der Waals surface area (Å²) in [4.78, 5) is 40.8. The molecule has 1 heterocycles. The van der Waals surface area contributed by atoms with Gasteiger partial charge in [-0.15, -0.1) is 0 Å². The van der Waals surface area contributed by atoms with Crippen molar-refractivity contribution < 1.29 is 28.6 Å². The van der Waals surface area contributed by atoms with Crippen LogP contribution in [0.25, 0.3) is 10.9 Å². The fraction of sp³-hybridized carbons (Fsp3) is 0.182. The Morgan fingerprint density at radius 3 is 2.37 bits per heavy atom. The number of para-hydroxylation sites is 1. The van der Waals surface area contributed by atoms with Gasteiger partial charge < -0.3 is 19.5 Å². The zero-order valence-corrected chi connectivity index (χ0v) is 16.7. The van der Waals surface area contributed by atoms with Crippen molar-refractivity contribution in [1.29, 1.82) is 0 Å². The lowest BCUT2D eigenvalue weighted by atomic mass is 10.0. The molecule has 3 aromatic rings. The molecule has 0 fully saturated rings. The van der Waals surface area contributed by atoms with Crippen molar-refractivity contribution in [3.05, 3.63) is 65.4 Å². The molecule has 0 radical (unpaired) electrons. The summed E-state index contributed by atoms with van der Waals surface area (Å²) in [5.74, 6) is -1.60. The van der Waals surface area contributed by atoms with Crippen LogP contribution in [0, 0.1) is 0 Å². The Labute approximate surface area is 172 Å². The normalized spacial score (nSPS) is 10.4. The van der Waals surface area contributed by atoms with Gasteiger partial charge in [0.15, 0.2) is 0 Å². The van der Waals surface area contributed by atoms with Crippen molar-refractivity contribution in [2.45, 2.75) is 6.92 Å². The predicted octanol–water partition coefficient (Wildman–Crippen LogP) is 3.73. The van der Waals surface area contributed by atoms with E-state index in [1.807, 2.05) is 0 Å². The lowest BCUT2D eigenvalue weighted by Gasteiger charge is -2.15. The van der Waals surface area contributed by atoms with E-state index < -0.39 is 17.9 Å². The van der Waals surface area contributed by atoms with Crippen LogP contribution in [0.2, 0.25) is 0 Å². The number of hydrogen-bond donors (Lipinski definition) is 1. The van der Waals surface area contributed by atoms with Gasteiger partial charge in [-0.3, -0.25) is 4.98 Å². The van der Waals surface area contributed by atoms with Crippen LogP contribution in [0.5, 0.6) is 0 Å². The third-order valence-electron chi connectivity index (χ3n) is 4.35. The number of pyridine rings is 1. The van der Waals surface area contributed by atoms with E-state index in [1.54, 1.807) is 49.4 Å². The van der Waals surface area contributed by atoms with Crippen LogP contribution in [0.1, 0.15) is 38.0 Å². The third-order valence-corrected chi connectivity index (χ3v) is 4.35. The summed E-state index contributed by atoms with van der Waals surface area (Å²) >= 11 is 0. The molecular formula is C22H20N2O6. The number of aromatic nitrogens is 1. The van der Waals surface area contributed by atoms with Crippen LogP contribution in [0.3, 0.4) is 0 Å². The monoisotopic (exact) mass is 408 g/mol. The average Bonchev–Trinajstić information content (AvgIpc) is 2.78. The molecule has 0 unspecified atom stereocenters. The Kier molecular flexibility index (Phi) is 6.26. The Morgan fingerprint density at radius 2 is 1.67 bits per heavy atom. The van der Waals surface area contributed by atoms with E-state index in [9.17, 15) is 14.4 Å². The largest absolute Gasteiger partial charge is 0.465 e. The first kappa shape index (κ1) is 20.8. The summed E-state index contributed by atoms with van der Waals surface area (Å²) in [5, 5.41) is 3.68. The predicted molar refractivity (Wildman–Crippen MR) is 110 cm³/mol. The highest BCUT2D eigenvalue weighted by Gasteiger charge is 2.20. The zero-order valence-electron chi connectivity index (χ0n) is 16.7. The highest BCUT2D eigenvalue weighted by atomic mass is 16.5. The molecule has 0 aliphatic heterocycles. The molecular weight excluding hydrogens is 388 g/mol. The molecule has 3 rings (SSSR count). The van der Waals surface area contributed by atoms with Crippen molar-refractivity contribution in [2.24, 2.45) is 0 Å². The van der Waals surface area contributed by atoms with Crippen molar-refractivity contribution in [2.75, 3.05) is 26.1 Å². The van der Waals surface area contributed by atoms with Crippen molar-refractivity contribution in [3.63, 3.8) is 0 Å². The Hall–Kier alpha value is -3.94. The molecule has 154 valence electrons. The van der Waals surface area contributed by atoms with E-state index in [0.717, 1.165) is 0 Å². The minimum absolute atomic E-state index is 0.190. The van der Waals surface area contributed by atoms with Gasteiger partial charge in [0, 0.05) is 17.3 Å². The maximum Gasteiger partial charge on any atom is 0.341 e. The molecule has 1 aromatic heterocycles. The fourth-order valence-electron chi connectivity index (χ4n) is 2.98. The zero-order chi connectivity index (χ0) is 21.7. The molecule has 30 heavy (non-hydrogen) atoms. The number of anilines is 2. The summed E-state index contributed by atoms with van der Waals surface area (Å²) in [6.07, 6.45) is 1.35. The summed E-state index contributed by atoms with van der Waals surface area (Å²) in [6.45, 7) is 1.89. The standard InChI is InChI=1S/C22H20N2O6/c1-4-30-22(27)17-12-23-18-15(9-6-10-16(18)21(26)29-3)19(17)24-14-8-5-7-13(11-14)20(25)28-2/h5-12H,4H2,1-3H3,(H,23,24). The van der Waals surface area contributed by atoms with Gasteiger partial charge in [0.05, 0.1) is 43.2 Å². The number of rotatable bonds is 6. The van der Waals surface area contributed by atoms with Crippen LogP contribution in [-0.2, 0) is 14.2 Å². The fourth-order valence-corrected chi connectivity index (χ4v) is 2.98. The maximum absolute atomic E-state index is 12.5. The van der Waals surface area contributed by atoms with E-state index >= 15 is 0 Å². The molecule has 8 nitrogen and oxygen atoms in total. The van der Waals surface area contributed by atoms with Crippen LogP contribution >= 0.6 is 0 Å². The number of hydrogen-bond acceptors (Lipinski definition) is 8. The van der Waals surface area contributed by atoms with Gasteiger partial charge in [0.1, 0.15) is 5.56 Å². The average molecular weight is 408 g/mol. The van der Waals surface area contributed by atoms with Gasteiger partial charge in [-0.25, -0.2) is 14.4 Å². The molecule has 0 atom stereocenters. The van der Waals surface area contributed by atoms with Gasteiger partial charge in [0.2, 0.25) is 0 Å². The lowest BCUT2D eigenvalue weighted by Crippen LogP contribution is -2.11. The summed E-state index contributed by atoms with van der Waals surface area (Å²) in [7, 11) is 2.58. The summed E-state index contributed by atoms with van der Waals surface area (Å²) in [5.41, 5.74) is 2.09. The minimum Gasteiger partial charge on any atom is -0.465 e. The molecule has 8 heteroatoms. The first-order valence-electron chi connectivity index (χ1n) is 9.12. The second kappa shape index (κ2) is 9.04. The maximum atomic E-state index is 12.5. The summed E-state index contributed by atoms with van der Waals surface area (Å²) in [6, 6.07) is 11.6. The molecule has 0 amide bonds. The van der Waals surface area contributed by atoms with Crippen LogP contribution < -0.4 is 5.32 Å². The number of nitrogens with one attached hydrogen (secondary N) is 1. The summed E-state index contributed by atoms with van der Waals surface area (Å²) < 4.78 is 14.7. The Bertz CT molecular complexity index is 1130. The Balaban J connectivity index is 2.19. The van der Waals surface area contributed by atoms with E-state index in [-0.39, 0.29) is 17.7 Å². The second-order valence-electron chi connectivity index (χ2n) is 6.16. The SMILES string of the molecule is CCOC(=O)c1cnc2c(C(=O)OC)cccc2c1Nc1cccc(C(=O)OC)c1. The quantitative estimate of drug-likeness (QED) is 0.486. The van der Waals surface area contributed by atoms with Crippen LogP contribution in [0.4, 0.5) is 11.4 Å².